The van der Waals surface area contributed by atoms with Crippen LogP contribution >= 0.6 is 0 Å². The third-order valence-electron chi connectivity index (χ3n) is 7.78. The van der Waals surface area contributed by atoms with Gasteiger partial charge in [-0.15, -0.1) is 0 Å². The summed E-state index contributed by atoms with van der Waals surface area (Å²) in [6.07, 6.45) is 1.86. The average molecular weight is 596 g/mol. The fourth-order valence-electron chi connectivity index (χ4n) is 5.21. The molecular weight excluding hydrogens is 554 g/mol. The number of carboxylic acids is 1. The van der Waals surface area contributed by atoms with Crippen molar-refractivity contribution in [2.75, 3.05) is 57.9 Å². The highest BCUT2D eigenvalue weighted by molar-refractivity contribution is 5.97. The Bertz CT molecular complexity index is 1270. The first-order chi connectivity index (χ1) is 20.8. The van der Waals surface area contributed by atoms with E-state index in [1.807, 2.05) is 43.3 Å². The van der Waals surface area contributed by atoms with Gasteiger partial charge in [0.05, 0.1) is 18.4 Å². The smallest absolute Gasteiger partial charge is 0.409 e. The molecule has 3 amide bonds. The molecule has 0 saturated carbocycles. The van der Waals surface area contributed by atoms with Gasteiger partial charge in [0.1, 0.15) is 11.7 Å². The number of rotatable bonds is 12. The molecule has 2 aliphatic heterocycles. The molecule has 0 radical (unpaired) electrons. The van der Waals surface area contributed by atoms with E-state index in [-0.39, 0.29) is 37.7 Å². The van der Waals surface area contributed by atoms with Gasteiger partial charge in [0.2, 0.25) is 5.91 Å². The maximum Gasteiger partial charge on any atom is 0.409 e. The van der Waals surface area contributed by atoms with Crippen LogP contribution in [0.15, 0.2) is 42.5 Å². The van der Waals surface area contributed by atoms with E-state index in [4.69, 9.17) is 9.47 Å². The summed E-state index contributed by atoms with van der Waals surface area (Å²) in [4.78, 5) is 60.7. The summed E-state index contributed by atoms with van der Waals surface area (Å²) < 4.78 is 10.8. The second-order valence-electron chi connectivity index (χ2n) is 10.8. The largest absolute Gasteiger partial charge is 0.481 e. The van der Waals surface area contributed by atoms with E-state index in [9.17, 15) is 24.3 Å². The number of piperazine rings is 1. The quantitative estimate of drug-likeness (QED) is 0.354. The Kier molecular flexibility index (Phi) is 11.3. The summed E-state index contributed by atoms with van der Waals surface area (Å²) in [5.74, 6) is -2.03. The Labute approximate surface area is 251 Å². The van der Waals surface area contributed by atoms with Crippen LogP contribution in [0.2, 0.25) is 0 Å². The number of nitrogens with one attached hydrogen (secondary N) is 1. The minimum Gasteiger partial charge on any atom is -0.481 e. The van der Waals surface area contributed by atoms with Crippen molar-refractivity contribution in [1.82, 2.24) is 20.1 Å². The maximum atomic E-state index is 13.6. The van der Waals surface area contributed by atoms with Crippen molar-refractivity contribution in [1.29, 1.82) is 0 Å². The van der Waals surface area contributed by atoms with Gasteiger partial charge in [-0.05, 0) is 31.4 Å². The fourth-order valence-corrected chi connectivity index (χ4v) is 5.21. The van der Waals surface area contributed by atoms with Crippen LogP contribution in [-0.2, 0) is 19.1 Å². The second-order valence-corrected chi connectivity index (χ2v) is 10.8. The summed E-state index contributed by atoms with van der Waals surface area (Å²) in [5, 5.41) is 12.1. The summed E-state index contributed by atoms with van der Waals surface area (Å²) in [7, 11) is 1.68. The van der Waals surface area contributed by atoms with Crippen molar-refractivity contribution in [3.05, 3.63) is 48.2 Å². The molecule has 0 aliphatic carbocycles. The molecule has 3 heterocycles. The highest BCUT2D eigenvalue weighted by atomic mass is 16.6. The van der Waals surface area contributed by atoms with Gasteiger partial charge < -0.3 is 34.6 Å². The molecule has 2 unspecified atom stereocenters. The normalized spacial score (nSPS) is 17.4. The van der Waals surface area contributed by atoms with Crippen LogP contribution in [0, 0.1) is 0 Å². The van der Waals surface area contributed by atoms with Gasteiger partial charge in [-0.2, -0.15) is 0 Å². The fraction of sp³-hybridized carbons (Fsp3) is 0.516. The Hall–Kier alpha value is -4.19. The Morgan fingerprint density at radius 3 is 2.42 bits per heavy atom. The van der Waals surface area contributed by atoms with Crippen LogP contribution in [-0.4, -0.2) is 109 Å². The average Bonchev–Trinajstić information content (AvgIpc) is 3.52. The molecule has 12 heteroatoms. The Morgan fingerprint density at radius 2 is 1.77 bits per heavy atom. The lowest BCUT2D eigenvalue weighted by Gasteiger charge is -2.36. The van der Waals surface area contributed by atoms with E-state index in [1.165, 1.54) is 0 Å². The topological polar surface area (TPSA) is 142 Å². The van der Waals surface area contributed by atoms with Crippen LogP contribution < -0.4 is 10.2 Å². The number of pyridine rings is 1. The number of anilines is 1. The van der Waals surface area contributed by atoms with E-state index in [0.29, 0.717) is 31.9 Å². The standard InChI is InChI=1S/C31H41N5O7/c1-3-4-18-43-31(41)35-16-14-34(15-17-35)30(40)25(10-11-28(37)38)33-29(39)27-20-23(36-13-12-24(21-36)42-2)19-26(32-27)22-8-6-5-7-9-22/h5-9,19-20,24-25H,3-4,10-18,21H2,1-2H3,(H,33,39)(H,37,38). The van der Waals surface area contributed by atoms with E-state index in [0.717, 1.165) is 37.1 Å². The number of hydrogen-bond acceptors (Lipinski definition) is 8. The zero-order chi connectivity index (χ0) is 30.8. The maximum absolute atomic E-state index is 13.6. The minimum atomic E-state index is -1.07. The second kappa shape index (κ2) is 15.3. The van der Waals surface area contributed by atoms with Crippen LogP contribution in [0.5, 0.6) is 0 Å². The number of hydrogen-bond donors (Lipinski definition) is 2. The number of nitrogens with zero attached hydrogens (tertiary/aromatic N) is 4. The number of ether oxygens (including phenoxy) is 2. The molecule has 1 aromatic carbocycles. The highest BCUT2D eigenvalue weighted by Gasteiger charge is 2.32. The lowest BCUT2D eigenvalue weighted by Crippen LogP contribution is -2.56. The number of benzene rings is 1. The van der Waals surface area contributed by atoms with Gasteiger partial charge in [0.25, 0.3) is 5.91 Å². The van der Waals surface area contributed by atoms with Crippen molar-refractivity contribution in [3.8, 4) is 11.3 Å². The molecule has 2 aliphatic rings. The van der Waals surface area contributed by atoms with Crippen molar-refractivity contribution in [2.45, 2.75) is 51.2 Å². The molecule has 12 nitrogen and oxygen atoms in total. The van der Waals surface area contributed by atoms with E-state index in [1.54, 1.807) is 23.0 Å². The van der Waals surface area contributed by atoms with Gasteiger partial charge in [0, 0.05) is 64.0 Å². The molecule has 43 heavy (non-hydrogen) atoms. The molecule has 2 atom stereocenters. The van der Waals surface area contributed by atoms with Crippen LogP contribution in [0.4, 0.5) is 10.5 Å². The van der Waals surface area contributed by atoms with E-state index >= 15 is 0 Å². The first kappa shape index (κ1) is 31.7. The van der Waals surface area contributed by atoms with Crippen molar-refractivity contribution in [3.63, 3.8) is 0 Å². The number of carbonyl (C=O) groups is 4. The first-order valence-corrected chi connectivity index (χ1v) is 14.9. The molecule has 2 aromatic rings. The first-order valence-electron chi connectivity index (χ1n) is 14.9. The number of aromatic nitrogens is 1. The van der Waals surface area contributed by atoms with Crippen molar-refractivity contribution in [2.24, 2.45) is 0 Å². The van der Waals surface area contributed by atoms with Crippen molar-refractivity contribution >= 4 is 29.6 Å². The van der Waals surface area contributed by atoms with Crippen molar-refractivity contribution < 1.29 is 33.8 Å². The molecule has 2 fully saturated rings. The van der Waals surface area contributed by atoms with Gasteiger partial charge in [-0.25, -0.2) is 9.78 Å². The molecule has 0 bridgehead atoms. The summed E-state index contributed by atoms with van der Waals surface area (Å²) in [5.41, 5.74) is 2.39. The van der Waals surface area contributed by atoms with E-state index < -0.39 is 29.9 Å². The van der Waals surface area contributed by atoms with Crippen LogP contribution in [0.1, 0.15) is 49.5 Å². The minimum absolute atomic E-state index is 0.0773. The molecule has 1 aromatic heterocycles. The molecule has 232 valence electrons. The zero-order valence-corrected chi connectivity index (χ0v) is 24.9. The SMILES string of the molecule is CCCCOC(=O)N1CCN(C(=O)C(CCC(=O)O)NC(=O)c2cc(N3CCC(OC)C3)cc(-c3ccccc3)n2)CC1. The van der Waals surface area contributed by atoms with Gasteiger partial charge in [-0.1, -0.05) is 43.7 Å². The van der Waals surface area contributed by atoms with Gasteiger partial charge >= 0.3 is 12.1 Å². The number of unbranched alkanes of at least 4 members (excludes halogenated alkanes) is 1. The molecule has 4 rings (SSSR count). The number of methoxy groups -OCH3 is 1. The van der Waals surface area contributed by atoms with Gasteiger partial charge in [0.15, 0.2) is 0 Å². The zero-order valence-electron chi connectivity index (χ0n) is 24.9. The van der Waals surface area contributed by atoms with E-state index in [2.05, 4.69) is 15.2 Å². The molecule has 0 spiro atoms. The molecule has 2 saturated heterocycles. The number of carboxylic acid groups (broad SMARTS) is 1. The molecule has 2 N–H and O–H groups in total. The third-order valence-corrected chi connectivity index (χ3v) is 7.78. The van der Waals surface area contributed by atoms with Gasteiger partial charge in [-0.3, -0.25) is 14.4 Å². The summed E-state index contributed by atoms with van der Waals surface area (Å²) in [6.45, 7) is 4.88. The van der Waals surface area contributed by atoms with Crippen LogP contribution in [0.3, 0.4) is 0 Å². The predicted molar refractivity (Wildman–Crippen MR) is 160 cm³/mol. The third kappa shape index (κ3) is 8.66. The Morgan fingerprint density at radius 1 is 1.05 bits per heavy atom. The summed E-state index contributed by atoms with van der Waals surface area (Å²) >= 11 is 0. The Balaban J connectivity index is 1.50. The lowest BCUT2D eigenvalue weighted by atomic mass is 10.1. The monoisotopic (exact) mass is 595 g/mol. The predicted octanol–water partition coefficient (Wildman–Crippen LogP) is 3.02. The molecular formula is C31H41N5O7. The summed E-state index contributed by atoms with van der Waals surface area (Å²) in [6, 6.07) is 12.1. The number of amides is 3. The highest BCUT2D eigenvalue weighted by Crippen LogP contribution is 2.27. The van der Waals surface area contributed by atoms with Crippen LogP contribution in [0.25, 0.3) is 11.3 Å². The lowest BCUT2D eigenvalue weighted by molar-refractivity contribution is -0.138. The number of aliphatic carboxylic acids is 1. The number of carbonyl (C=O) groups excluding carboxylic acids is 3.